The van der Waals surface area contributed by atoms with Gasteiger partial charge < -0.3 is 9.84 Å². The number of hydrogen-bond acceptors (Lipinski definition) is 5. The fourth-order valence-corrected chi connectivity index (χ4v) is 2.29. The minimum Gasteiger partial charge on any atom is -0.506 e. The number of carbonyl (C=O) groups excluding carboxylic acids is 1. The van der Waals surface area contributed by atoms with E-state index in [1.807, 2.05) is 26.0 Å². The first kappa shape index (κ1) is 15.7. The van der Waals surface area contributed by atoms with Crippen molar-refractivity contribution in [1.82, 2.24) is 10.4 Å². The van der Waals surface area contributed by atoms with Crippen molar-refractivity contribution in [3.05, 3.63) is 59.4 Å². The van der Waals surface area contributed by atoms with Crippen LogP contribution >= 0.6 is 0 Å². The lowest BCUT2D eigenvalue weighted by molar-refractivity contribution is 0.0955. The Morgan fingerprint density at radius 2 is 2.04 bits per heavy atom. The molecule has 0 spiro atoms. The second kappa shape index (κ2) is 6.16. The molecule has 0 atom stereocenters. The zero-order valence-corrected chi connectivity index (χ0v) is 13.4. The fraction of sp³-hybridized carbons (Fsp3) is 0.167. The summed E-state index contributed by atoms with van der Waals surface area (Å²) in [6, 6.07) is 6.63. The van der Waals surface area contributed by atoms with E-state index in [1.54, 1.807) is 24.3 Å². The van der Waals surface area contributed by atoms with Crippen LogP contribution in [0.4, 0.5) is 0 Å². The van der Waals surface area contributed by atoms with Gasteiger partial charge in [-0.05, 0) is 50.3 Å². The van der Waals surface area contributed by atoms with Gasteiger partial charge in [0.1, 0.15) is 17.1 Å². The van der Waals surface area contributed by atoms with Gasteiger partial charge in [-0.1, -0.05) is 0 Å². The van der Waals surface area contributed by atoms with Crippen LogP contribution in [0, 0.1) is 0 Å². The molecule has 1 aromatic heterocycles. The number of phenols is 1. The normalized spacial score (nSPS) is 14.9. The Morgan fingerprint density at radius 3 is 2.79 bits per heavy atom. The van der Waals surface area contributed by atoms with E-state index >= 15 is 0 Å². The highest BCUT2D eigenvalue weighted by Crippen LogP contribution is 2.37. The van der Waals surface area contributed by atoms with E-state index < -0.39 is 5.60 Å². The van der Waals surface area contributed by atoms with E-state index in [4.69, 9.17) is 4.74 Å². The minimum absolute atomic E-state index is 0.0566. The minimum atomic E-state index is -0.409. The van der Waals surface area contributed by atoms with Crippen LogP contribution in [0.25, 0.3) is 6.08 Å². The van der Waals surface area contributed by atoms with Gasteiger partial charge in [0.15, 0.2) is 0 Å². The molecular weight excluding hydrogens is 306 g/mol. The number of benzene rings is 1. The molecule has 0 bridgehead atoms. The number of nitrogens with zero attached hydrogens (tertiary/aromatic N) is 2. The monoisotopic (exact) mass is 323 g/mol. The van der Waals surface area contributed by atoms with Crippen LogP contribution in [-0.2, 0) is 0 Å². The topological polar surface area (TPSA) is 83.8 Å². The number of hydrogen-bond donors (Lipinski definition) is 2. The molecule has 0 saturated carbocycles. The molecule has 122 valence electrons. The van der Waals surface area contributed by atoms with E-state index in [1.165, 1.54) is 18.6 Å². The zero-order valence-electron chi connectivity index (χ0n) is 13.4. The molecule has 6 nitrogen and oxygen atoms in total. The predicted octanol–water partition coefficient (Wildman–Crippen LogP) is 2.74. The molecule has 0 radical (unpaired) electrons. The Bertz CT molecular complexity index is 827. The Kier molecular flexibility index (Phi) is 4.04. The van der Waals surface area contributed by atoms with Crippen LogP contribution < -0.4 is 10.2 Å². The van der Waals surface area contributed by atoms with Gasteiger partial charge in [0, 0.05) is 23.5 Å². The Balaban J connectivity index is 1.76. The quantitative estimate of drug-likeness (QED) is 0.672. The largest absolute Gasteiger partial charge is 0.506 e. The number of aromatic nitrogens is 1. The van der Waals surface area contributed by atoms with Crippen molar-refractivity contribution in [2.75, 3.05) is 0 Å². The van der Waals surface area contributed by atoms with Crippen molar-refractivity contribution in [3.8, 4) is 11.5 Å². The second-order valence-electron chi connectivity index (χ2n) is 5.89. The molecule has 0 unspecified atom stereocenters. The average Bonchev–Trinajstić information content (AvgIpc) is 2.56. The number of pyridine rings is 1. The molecule has 1 amide bonds. The van der Waals surface area contributed by atoms with Crippen LogP contribution in [0.3, 0.4) is 0 Å². The lowest BCUT2D eigenvalue weighted by Crippen LogP contribution is -2.27. The highest BCUT2D eigenvalue weighted by atomic mass is 16.5. The lowest BCUT2D eigenvalue weighted by atomic mass is 10.00. The van der Waals surface area contributed by atoms with Crippen molar-refractivity contribution >= 4 is 18.2 Å². The number of phenolic OH excluding ortho intramolecular Hbond substituents is 1. The Morgan fingerprint density at radius 1 is 1.29 bits per heavy atom. The highest BCUT2D eigenvalue weighted by Gasteiger charge is 2.24. The van der Waals surface area contributed by atoms with Crippen molar-refractivity contribution in [2.24, 2.45) is 5.10 Å². The summed E-state index contributed by atoms with van der Waals surface area (Å²) < 4.78 is 5.79. The summed E-state index contributed by atoms with van der Waals surface area (Å²) in [5.74, 6) is 0.315. The third-order valence-corrected chi connectivity index (χ3v) is 3.54. The third kappa shape index (κ3) is 3.27. The lowest BCUT2D eigenvalue weighted by Gasteiger charge is -2.28. The maximum absolute atomic E-state index is 11.9. The number of carbonyl (C=O) groups is 1. The van der Waals surface area contributed by atoms with Gasteiger partial charge in [0.25, 0.3) is 5.91 Å². The molecule has 0 fully saturated rings. The summed E-state index contributed by atoms with van der Waals surface area (Å²) in [7, 11) is 0. The molecule has 24 heavy (non-hydrogen) atoms. The van der Waals surface area contributed by atoms with Gasteiger partial charge in [-0.15, -0.1) is 0 Å². The zero-order chi connectivity index (χ0) is 17.2. The SMILES string of the molecule is CC1(C)C=Cc2c(ccc(/C=N/NC(=O)c3ccncc3)c2O)O1. The summed E-state index contributed by atoms with van der Waals surface area (Å²) >= 11 is 0. The van der Waals surface area contributed by atoms with E-state index in [0.29, 0.717) is 22.4 Å². The average molecular weight is 323 g/mol. The molecule has 3 rings (SSSR count). The van der Waals surface area contributed by atoms with E-state index in [0.717, 1.165) is 0 Å². The summed E-state index contributed by atoms with van der Waals surface area (Å²) in [5, 5.41) is 14.2. The molecule has 0 saturated heterocycles. The number of rotatable bonds is 3. The highest BCUT2D eigenvalue weighted by molar-refractivity contribution is 5.95. The number of ether oxygens (including phenoxy) is 1. The van der Waals surface area contributed by atoms with Crippen LogP contribution in [0.2, 0.25) is 0 Å². The van der Waals surface area contributed by atoms with Gasteiger partial charge in [0.05, 0.1) is 11.8 Å². The van der Waals surface area contributed by atoms with Crippen LogP contribution in [-0.4, -0.2) is 27.8 Å². The molecule has 1 aliphatic heterocycles. The first-order valence-corrected chi connectivity index (χ1v) is 7.44. The summed E-state index contributed by atoms with van der Waals surface area (Å²) in [5.41, 5.74) is 3.53. The number of fused-ring (bicyclic) bond motifs is 1. The number of aromatic hydroxyl groups is 1. The van der Waals surface area contributed by atoms with E-state index in [2.05, 4.69) is 15.5 Å². The first-order valence-electron chi connectivity index (χ1n) is 7.44. The molecule has 2 aromatic rings. The van der Waals surface area contributed by atoms with Crippen molar-refractivity contribution in [1.29, 1.82) is 0 Å². The first-order chi connectivity index (χ1) is 11.5. The predicted molar refractivity (Wildman–Crippen MR) is 91.1 cm³/mol. The summed E-state index contributed by atoms with van der Waals surface area (Å²) in [6.45, 7) is 3.88. The summed E-state index contributed by atoms with van der Waals surface area (Å²) in [4.78, 5) is 15.7. The molecule has 2 N–H and O–H groups in total. The van der Waals surface area contributed by atoms with Crippen LogP contribution in [0.5, 0.6) is 11.5 Å². The third-order valence-electron chi connectivity index (χ3n) is 3.54. The molecular formula is C18H17N3O3. The molecule has 1 aliphatic rings. The van der Waals surface area contributed by atoms with Gasteiger partial charge in [-0.2, -0.15) is 5.10 Å². The molecule has 0 aliphatic carbocycles. The van der Waals surface area contributed by atoms with Gasteiger partial charge in [-0.25, -0.2) is 5.43 Å². The number of hydrazone groups is 1. The number of nitrogens with one attached hydrogen (secondary N) is 1. The maximum atomic E-state index is 11.9. The smallest absolute Gasteiger partial charge is 0.271 e. The number of amides is 1. The van der Waals surface area contributed by atoms with Gasteiger partial charge >= 0.3 is 0 Å². The van der Waals surface area contributed by atoms with Crippen molar-refractivity contribution < 1.29 is 14.6 Å². The fourth-order valence-electron chi connectivity index (χ4n) is 2.29. The van der Waals surface area contributed by atoms with Gasteiger partial charge in [-0.3, -0.25) is 9.78 Å². The van der Waals surface area contributed by atoms with Crippen LogP contribution in [0.15, 0.2) is 47.8 Å². The van der Waals surface area contributed by atoms with E-state index in [9.17, 15) is 9.90 Å². The standard InChI is InChI=1S/C18H17N3O3/c1-18(2)8-5-14-15(24-18)4-3-13(16(14)22)11-20-21-17(23)12-6-9-19-10-7-12/h3-11,22H,1-2H3,(H,21,23)/b20-11+. The second-order valence-corrected chi connectivity index (χ2v) is 5.89. The van der Waals surface area contributed by atoms with E-state index in [-0.39, 0.29) is 11.7 Å². The molecule has 6 heteroatoms. The van der Waals surface area contributed by atoms with Crippen LogP contribution in [0.1, 0.15) is 35.3 Å². The summed E-state index contributed by atoms with van der Waals surface area (Å²) in [6.07, 6.45) is 8.15. The maximum Gasteiger partial charge on any atom is 0.271 e. The van der Waals surface area contributed by atoms with Crippen molar-refractivity contribution in [3.63, 3.8) is 0 Å². The Hall–Kier alpha value is -3.15. The molecule has 1 aromatic carbocycles. The van der Waals surface area contributed by atoms with Gasteiger partial charge in [0.2, 0.25) is 0 Å². The Labute approximate surface area is 139 Å². The van der Waals surface area contributed by atoms with Crippen molar-refractivity contribution in [2.45, 2.75) is 19.4 Å². The molecule has 2 heterocycles.